The highest BCUT2D eigenvalue weighted by Crippen LogP contribution is 2.23. The molecule has 0 saturated carbocycles. The van der Waals surface area contributed by atoms with Crippen molar-refractivity contribution in [1.82, 2.24) is 25.1 Å². The van der Waals surface area contributed by atoms with Gasteiger partial charge in [0.25, 0.3) is 5.56 Å². The van der Waals surface area contributed by atoms with Crippen molar-refractivity contribution >= 4 is 11.8 Å². The SMILES string of the molecule is Cc1cc(=O)[nH]c(-n2nc(-c3ccccc3)cc2NC(=O)NCc2ccccc2)n1. The second kappa shape index (κ2) is 8.44. The molecule has 2 amide bonds. The highest BCUT2D eigenvalue weighted by molar-refractivity contribution is 5.89. The van der Waals surface area contributed by atoms with Gasteiger partial charge in [0.05, 0.1) is 5.69 Å². The molecule has 3 N–H and O–H groups in total. The van der Waals surface area contributed by atoms with Gasteiger partial charge in [0.2, 0.25) is 5.95 Å². The van der Waals surface area contributed by atoms with Crippen molar-refractivity contribution in [2.24, 2.45) is 0 Å². The van der Waals surface area contributed by atoms with Gasteiger partial charge in [-0.2, -0.15) is 9.78 Å². The molecule has 0 aliphatic carbocycles. The average molecular weight is 400 g/mol. The van der Waals surface area contributed by atoms with Gasteiger partial charge in [-0.1, -0.05) is 60.7 Å². The van der Waals surface area contributed by atoms with Crippen LogP contribution < -0.4 is 16.2 Å². The van der Waals surface area contributed by atoms with Gasteiger partial charge in [-0.05, 0) is 12.5 Å². The number of urea groups is 1. The predicted molar refractivity (Wildman–Crippen MR) is 114 cm³/mol. The van der Waals surface area contributed by atoms with Crippen molar-refractivity contribution in [3.63, 3.8) is 0 Å². The lowest BCUT2D eigenvalue weighted by Gasteiger charge is -2.09. The Morgan fingerprint density at radius 2 is 1.73 bits per heavy atom. The van der Waals surface area contributed by atoms with Crippen LogP contribution in [-0.4, -0.2) is 25.8 Å². The van der Waals surface area contributed by atoms with Crippen LogP contribution in [0.5, 0.6) is 0 Å². The van der Waals surface area contributed by atoms with Crippen molar-refractivity contribution in [3.8, 4) is 17.2 Å². The fraction of sp³-hybridized carbons (Fsp3) is 0.0909. The number of aromatic nitrogens is 4. The Kier molecular flexibility index (Phi) is 5.38. The zero-order valence-corrected chi connectivity index (χ0v) is 16.3. The van der Waals surface area contributed by atoms with Crippen LogP contribution in [0.15, 0.2) is 77.6 Å². The van der Waals surface area contributed by atoms with Crippen LogP contribution in [0.2, 0.25) is 0 Å². The van der Waals surface area contributed by atoms with Crippen molar-refractivity contribution in [2.75, 3.05) is 5.32 Å². The van der Waals surface area contributed by atoms with Gasteiger partial charge in [-0.15, -0.1) is 0 Å². The Morgan fingerprint density at radius 1 is 1.03 bits per heavy atom. The number of nitrogens with one attached hydrogen (secondary N) is 3. The minimum Gasteiger partial charge on any atom is -0.334 e. The second-order valence-electron chi connectivity index (χ2n) is 6.70. The summed E-state index contributed by atoms with van der Waals surface area (Å²) in [6.07, 6.45) is 0. The van der Waals surface area contributed by atoms with Crippen LogP contribution >= 0.6 is 0 Å². The van der Waals surface area contributed by atoms with E-state index >= 15 is 0 Å². The van der Waals surface area contributed by atoms with E-state index in [1.165, 1.54) is 10.7 Å². The maximum atomic E-state index is 12.5. The monoisotopic (exact) mass is 400 g/mol. The third kappa shape index (κ3) is 4.44. The molecule has 0 aliphatic rings. The summed E-state index contributed by atoms with van der Waals surface area (Å²) in [7, 11) is 0. The number of rotatable bonds is 5. The van der Waals surface area contributed by atoms with E-state index in [1.807, 2.05) is 60.7 Å². The summed E-state index contributed by atoms with van der Waals surface area (Å²) in [6, 6.07) is 21.9. The number of anilines is 1. The second-order valence-corrected chi connectivity index (χ2v) is 6.70. The number of aryl methyl sites for hydroxylation is 1. The Labute approximate surface area is 172 Å². The molecule has 2 aromatic heterocycles. The van der Waals surface area contributed by atoms with Gasteiger partial charge in [0.15, 0.2) is 0 Å². The summed E-state index contributed by atoms with van der Waals surface area (Å²) in [5, 5.41) is 10.2. The minimum absolute atomic E-state index is 0.223. The molecular weight excluding hydrogens is 380 g/mol. The standard InChI is InChI=1S/C22H20N6O2/c1-15-12-20(29)26-21(24-15)28-19(13-18(27-28)17-10-6-3-7-11-17)25-22(30)23-14-16-8-4-2-5-9-16/h2-13H,14H2,1H3,(H2,23,25,30)(H,24,26,29). The van der Waals surface area contributed by atoms with E-state index in [9.17, 15) is 9.59 Å². The fourth-order valence-electron chi connectivity index (χ4n) is 2.98. The largest absolute Gasteiger partial charge is 0.334 e. The highest BCUT2D eigenvalue weighted by Gasteiger charge is 2.15. The third-order valence-corrected chi connectivity index (χ3v) is 4.37. The number of nitrogens with zero attached hydrogens (tertiary/aromatic N) is 3. The van der Waals surface area contributed by atoms with Gasteiger partial charge in [0, 0.05) is 29.9 Å². The van der Waals surface area contributed by atoms with Crippen LogP contribution in [0.1, 0.15) is 11.3 Å². The number of carbonyl (C=O) groups is 1. The van der Waals surface area contributed by atoms with Crippen LogP contribution in [0.3, 0.4) is 0 Å². The fourth-order valence-corrected chi connectivity index (χ4v) is 2.98. The number of H-pyrrole nitrogens is 1. The van der Waals surface area contributed by atoms with Gasteiger partial charge >= 0.3 is 6.03 Å². The smallest absolute Gasteiger partial charge is 0.320 e. The molecule has 0 spiro atoms. The first-order chi connectivity index (χ1) is 14.6. The maximum Gasteiger partial charge on any atom is 0.320 e. The number of amides is 2. The first-order valence-corrected chi connectivity index (χ1v) is 9.41. The van der Waals surface area contributed by atoms with Gasteiger partial charge in [-0.25, -0.2) is 9.78 Å². The summed E-state index contributed by atoms with van der Waals surface area (Å²) in [6.45, 7) is 2.10. The molecule has 0 atom stereocenters. The lowest BCUT2D eigenvalue weighted by molar-refractivity contribution is 0.251. The third-order valence-electron chi connectivity index (χ3n) is 4.37. The maximum absolute atomic E-state index is 12.5. The molecule has 4 rings (SSSR count). The molecule has 0 saturated heterocycles. The number of benzene rings is 2. The summed E-state index contributed by atoms with van der Waals surface area (Å²) in [4.78, 5) is 31.4. The summed E-state index contributed by atoms with van der Waals surface area (Å²) in [5.74, 6) is 0.605. The normalized spacial score (nSPS) is 10.6. The molecule has 0 aliphatic heterocycles. The molecule has 4 aromatic rings. The van der Waals surface area contributed by atoms with E-state index in [1.54, 1.807) is 13.0 Å². The average Bonchev–Trinajstić information content (AvgIpc) is 3.17. The van der Waals surface area contributed by atoms with E-state index in [-0.39, 0.29) is 11.5 Å². The highest BCUT2D eigenvalue weighted by atomic mass is 16.2. The van der Waals surface area contributed by atoms with Crippen molar-refractivity contribution in [3.05, 3.63) is 94.4 Å². The molecule has 0 unspecified atom stereocenters. The molecule has 2 aromatic carbocycles. The lowest BCUT2D eigenvalue weighted by atomic mass is 10.2. The Hall–Kier alpha value is -4.20. The Bertz CT molecular complexity index is 1220. The Morgan fingerprint density at radius 3 is 2.43 bits per heavy atom. The van der Waals surface area contributed by atoms with Gasteiger partial charge in [-0.3, -0.25) is 15.1 Å². The number of aromatic amines is 1. The molecule has 150 valence electrons. The van der Waals surface area contributed by atoms with Crippen LogP contribution in [0.4, 0.5) is 10.6 Å². The van der Waals surface area contributed by atoms with Crippen LogP contribution in [0.25, 0.3) is 17.2 Å². The van der Waals surface area contributed by atoms with Crippen molar-refractivity contribution in [1.29, 1.82) is 0 Å². The lowest BCUT2D eigenvalue weighted by Crippen LogP contribution is -2.29. The minimum atomic E-state index is -0.394. The number of hydrogen-bond donors (Lipinski definition) is 3. The molecular formula is C22H20N6O2. The molecule has 8 nitrogen and oxygen atoms in total. The summed E-state index contributed by atoms with van der Waals surface area (Å²) < 4.78 is 1.42. The van der Waals surface area contributed by atoms with Gasteiger partial charge < -0.3 is 5.32 Å². The van der Waals surface area contributed by atoms with Crippen molar-refractivity contribution in [2.45, 2.75) is 13.5 Å². The molecule has 0 radical (unpaired) electrons. The zero-order chi connectivity index (χ0) is 20.9. The first kappa shape index (κ1) is 19.1. The predicted octanol–water partition coefficient (Wildman–Crippen LogP) is 3.25. The van der Waals surface area contributed by atoms with E-state index in [4.69, 9.17) is 0 Å². The Balaban J connectivity index is 1.64. The summed E-state index contributed by atoms with van der Waals surface area (Å²) in [5.41, 5.74) is 2.74. The number of carbonyl (C=O) groups excluding carboxylic acids is 1. The molecule has 30 heavy (non-hydrogen) atoms. The molecule has 0 bridgehead atoms. The summed E-state index contributed by atoms with van der Waals surface area (Å²) >= 11 is 0. The molecule has 8 heteroatoms. The van der Waals surface area contributed by atoms with E-state index in [0.29, 0.717) is 23.8 Å². The van der Waals surface area contributed by atoms with Crippen LogP contribution in [-0.2, 0) is 6.54 Å². The van der Waals surface area contributed by atoms with E-state index < -0.39 is 6.03 Å². The molecule has 0 fully saturated rings. The van der Waals surface area contributed by atoms with Crippen LogP contribution in [0, 0.1) is 6.92 Å². The first-order valence-electron chi connectivity index (χ1n) is 9.41. The molecule has 2 heterocycles. The van der Waals surface area contributed by atoms with Crippen molar-refractivity contribution < 1.29 is 4.79 Å². The topological polar surface area (TPSA) is 105 Å². The zero-order valence-electron chi connectivity index (χ0n) is 16.3. The van der Waals surface area contributed by atoms with Gasteiger partial charge in [0.1, 0.15) is 5.82 Å². The van der Waals surface area contributed by atoms with E-state index in [2.05, 4.69) is 25.7 Å². The number of hydrogen-bond acceptors (Lipinski definition) is 4. The quantitative estimate of drug-likeness (QED) is 0.478. The van der Waals surface area contributed by atoms with E-state index in [0.717, 1.165) is 11.1 Å².